The Morgan fingerprint density at radius 3 is 2.50 bits per heavy atom. The quantitative estimate of drug-likeness (QED) is 0.511. The Hall–Kier alpha value is -2.91. The highest BCUT2D eigenvalue weighted by atomic mass is 19.1. The van der Waals surface area contributed by atoms with Gasteiger partial charge in [-0.2, -0.15) is 5.10 Å². The summed E-state index contributed by atoms with van der Waals surface area (Å²) in [6, 6.07) is 8.85. The molecule has 1 aromatic heterocycles. The van der Waals surface area contributed by atoms with Crippen molar-refractivity contribution in [3.8, 4) is 5.75 Å². The van der Waals surface area contributed by atoms with Gasteiger partial charge in [-0.1, -0.05) is 6.07 Å². The number of ether oxygens (including phenoxy) is 1. The van der Waals surface area contributed by atoms with Gasteiger partial charge in [0, 0.05) is 24.7 Å². The second-order valence-corrected chi connectivity index (χ2v) is 7.14. The summed E-state index contributed by atoms with van der Waals surface area (Å²) < 4.78 is 47.7. The average molecular weight is 420 g/mol. The van der Waals surface area contributed by atoms with Crippen molar-refractivity contribution in [1.29, 1.82) is 0 Å². The van der Waals surface area contributed by atoms with Crippen molar-refractivity contribution in [3.05, 3.63) is 78.1 Å². The summed E-state index contributed by atoms with van der Waals surface area (Å²) in [6.07, 6.45) is 3.36. The number of benzene rings is 2. The molecular formula is C21H23F3N4O2. The van der Waals surface area contributed by atoms with E-state index >= 15 is 0 Å². The van der Waals surface area contributed by atoms with E-state index in [9.17, 15) is 18.3 Å². The number of likely N-dealkylation sites (N-methyl/N-ethyl adjacent to an activating group) is 1. The number of aromatic nitrogens is 3. The molecule has 30 heavy (non-hydrogen) atoms. The zero-order valence-corrected chi connectivity index (χ0v) is 16.5. The van der Waals surface area contributed by atoms with Gasteiger partial charge in [0.05, 0.1) is 13.2 Å². The van der Waals surface area contributed by atoms with Crippen LogP contribution in [0.25, 0.3) is 0 Å². The molecule has 3 rings (SSSR count). The van der Waals surface area contributed by atoms with Crippen molar-refractivity contribution in [2.45, 2.75) is 18.6 Å². The Labute approximate surface area is 172 Å². The van der Waals surface area contributed by atoms with E-state index in [-0.39, 0.29) is 24.5 Å². The van der Waals surface area contributed by atoms with Crippen LogP contribution in [0.2, 0.25) is 0 Å². The molecule has 6 nitrogen and oxygen atoms in total. The van der Waals surface area contributed by atoms with Crippen LogP contribution >= 0.6 is 0 Å². The normalized spacial score (nSPS) is 13.4. The first-order valence-corrected chi connectivity index (χ1v) is 9.43. The Balaban J connectivity index is 1.62. The average Bonchev–Trinajstić information content (AvgIpc) is 3.19. The highest BCUT2D eigenvalue weighted by Crippen LogP contribution is 2.27. The molecular weight excluding hydrogens is 397 g/mol. The molecule has 2 aromatic carbocycles. The van der Waals surface area contributed by atoms with Crippen molar-refractivity contribution in [2.75, 3.05) is 26.7 Å². The van der Waals surface area contributed by atoms with E-state index in [1.807, 2.05) is 4.90 Å². The van der Waals surface area contributed by atoms with Gasteiger partial charge in [0.1, 0.15) is 41.5 Å². The number of hydrogen-bond donors (Lipinski definition) is 1. The lowest BCUT2D eigenvalue weighted by Gasteiger charge is -2.33. The first-order chi connectivity index (χ1) is 14.4. The zero-order chi connectivity index (χ0) is 21.6. The highest BCUT2D eigenvalue weighted by Gasteiger charge is 2.34. The molecule has 0 radical (unpaired) electrons. The zero-order valence-electron chi connectivity index (χ0n) is 16.5. The first kappa shape index (κ1) is 21.8. The van der Waals surface area contributed by atoms with Crippen LogP contribution in [0.1, 0.15) is 12.0 Å². The van der Waals surface area contributed by atoms with E-state index in [2.05, 4.69) is 10.1 Å². The van der Waals surface area contributed by atoms with Crippen LogP contribution in [0.15, 0.2) is 55.1 Å². The van der Waals surface area contributed by atoms with Gasteiger partial charge >= 0.3 is 0 Å². The van der Waals surface area contributed by atoms with E-state index < -0.39 is 17.2 Å². The molecule has 0 spiro atoms. The van der Waals surface area contributed by atoms with E-state index in [4.69, 9.17) is 4.74 Å². The number of nitrogens with zero attached hydrogens (tertiary/aromatic N) is 4. The molecule has 1 atom stereocenters. The van der Waals surface area contributed by atoms with E-state index in [0.717, 1.165) is 12.1 Å². The fourth-order valence-corrected chi connectivity index (χ4v) is 3.25. The van der Waals surface area contributed by atoms with Crippen molar-refractivity contribution in [3.63, 3.8) is 0 Å². The van der Waals surface area contributed by atoms with Crippen LogP contribution in [-0.4, -0.2) is 51.5 Å². The molecule has 1 unspecified atom stereocenters. The number of aliphatic hydroxyl groups is 1. The standard InChI is InChI=1S/C21H23F3N4O2/c1-27(9-2-10-30-18-6-3-16(22)4-7-18)12-21(29,13-28-15-25-14-26-28)19-8-5-17(23)11-20(19)24/h3-8,11,14-15,29H,2,9-10,12-13H2,1H3. The van der Waals surface area contributed by atoms with E-state index in [0.29, 0.717) is 25.3 Å². The summed E-state index contributed by atoms with van der Waals surface area (Å²) in [4.78, 5) is 5.67. The predicted octanol–water partition coefficient (Wildman–Crippen LogP) is 2.98. The van der Waals surface area contributed by atoms with Gasteiger partial charge in [-0.25, -0.2) is 22.8 Å². The number of rotatable bonds is 10. The van der Waals surface area contributed by atoms with Crippen LogP contribution in [0.3, 0.4) is 0 Å². The third kappa shape index (κ3) is 5.80. The van der Waals surface area contributed by atoms with Crippen molar-refractivity contribution < 1.29 is 23.0 Å². The summed E-state index contributed by atoms with van der Waals surface area (Å²) in [6.45, 7) is 0.962. The van der Waals surface area contributed by atoms with Crippen LogP contribution in [0, 0.1) is 17.5 Å². The predicted molar refractivity (Wildman–Crippen MR) is 104 cm³/mol. The van der Waals surface area contributed by atoms with Crippen LogP contribution in [-0.2, 0) is 12.1 Å². The van der Waals surface area contributed by atoms with Crippen molar-refractivity contribution in [1.82, 2.24) is 19.7 Å². The molecule has 0 bridgehead atoms. The fraction of sp³-hybridized carbons (Fsp3) is 0.333. The Morgan fingerprint density at radius 1 is 1.10 bits per heavy atom. The highest BCUT2D eigenvalue weighted by molar-refractivity contribution is 5.26. The maximum Gasteiger partial charge on any atom is 0.137 e. The molecule has 9 heteroatoms. The van der Waals surface area contributed by atoms with Gasteiger partial charge in [0.2, 0.25) is 0 Å². The van der Waals surface area contributed by atoms with Gasteiger partial charge in [-0.3, -0.25) is 0 Å². The van der Waals surface area contributed by atoms with Crippen molar-refractivity contribution in [2.24, 2.45) is 0 Å². The largest absolute Gasteiger partial charge is 0.494 e. The summed E-state index contributed by atoms with van der Waals surface area (Å²) in [7, 11) is 1.78. The summed E-state index contributed by atoms with van der Waals surface area (Å²) in [5.74, 6) is -1.31. The van der Waals surface area contributed by atoms with Crippen LogP contribution in [0.5, 0.6) is 5.75 Å². The Bertz CT molecular complexity index is 938. The number of hydrogen-bond acceptors (Lipinski definition) is 5. The Morgan fingerprint density at radius 2 is 1.83 bits per heavy atom. The lowest BCUT2D eigenvalue weighted by atomic mass is 9.92. The lowest BCUT2D eigenvalue weighted by Crippen LogP contribution is -2.43. The second kappa shape index (κ2) is 9.73. The molecule has 0 aliphatic rings. The maximum absolute atomic E-state index is 14.4. The first-order valence-electron chi connectivity index (χ1n) is 9.43. The number of halogens is 3. The Kier molecular flexibility index (Phi) is 7.07. The van der Waals surface area contributed by atoms with Crippen LogP contribution < -0.4 is 4.74 Å². The molecule has 160 valence electrons. The van der Waals surface area contributed by atoms with Crippen LogP contribution in [0.4, 0.5) is 13.2 Å². The summed E-state index contributed by atoms with van der Waals surface area (Å²) in [5.41, 5.74) is -1.67. The molecule has 0 saturated heterocycles. The second-order valence-electron chi connectivity index (χ2n) is 7.14. The monoisotopic (exact) mass is 420 g/mol. The smallest absolute Gasteiger partial charge is 0.137 e. The van der Waals surface area contributed by atoms with Crippen molar-refractivity contribution >= 4 is 0 Å². The van der Waals surface area contributed by atoms with Gasteiger partial charge in [-0.15, -0.1) is 0 Å². The van der Waals surface area contributed by atoms with Gasteiger partial charge in [-0.05, 0) is 43.8 Å². The minimum atomic E-state index is -1.65. The molecule has 3 aromatic rings. The summed E-state index contributed by atoms with van der Waals surface area (Å²) in [5, 5.41) is 15.3. The minimum absolute atomic E-state index is 0.0196. The fourth-order valence-electron chi connectivity index (χ4n) is 3.25. The van der Waals surface area contributed by atoms with Gasteiger partial charge < -0.3 is 14.7 Å². The third-order valence-corrected chi connectivity index (χ3v) is 4.62. The minimum Gasteiger partial charge on any atom is -0.494 e. The summed E-state index contributed by atoms with van der Waals surface area (Å²) >= 11 is 0. The van der Waals surface area contributed by atoms with Gasteiger partial charge in [0.25, 0.3) is 0 Å². The molecule has 0 aliphatic carbocycles. The van der Waals surface area contributed by atoms with E-state index in [1.165, 1.54) is 35.5 Å². The molecule has 1 heterocycles. The third-order valence-electron chi connectivity index (χ3n) is 4.62. The molecule has 0 aliphatic heterocycles. The maximum atomic E-state index is 14.4. The van der Waals surface area contributed by atoms with E-state index in [1.54, 1.807) is 19.2 Å². The molecule has 0 amide bonds. The topological polar surface area (TPSA) is 63.4 Å². The molecule has 1 N–H and O–H groups in total. The lowest BCUT2D eigenvalue weighted by molar-refractivity contribution is -0.0165. The molecule has 0 saturated carbocycles. The SMILES string of the molecule is CN(CCCOc1ccc(F)cc1)CC(O)(Cn1cncn1)c1ccc(F)cc1F. The van der Waals surface area contributed by atoms with Gasteiger partial charge in [0.15, 0.2) is 0 Å². The molecule has 0 fully saturated rings.